The minimum absolute atomic E-state index is 0.0636. The SMILES string of the molecule is CC1(C)Cc2cccc(OCCC(=O)NCc3cnn(-c4ccccc4)c3)c2O1. The average Bonchev–Trinajstić information content (AvgIpc) is 3.30. The molecule has 1 aliphatic heterocycles. The maximum absolute atomic E-state index is 12.2. The second-order valence-corrected chi connectivity index (χ2v) is 7.79. The van der Waals surface area contributed by atoms with Gasteiger partial charge in [-0.05, 0) is 32.0 Å². The molecule has 0 aliphatic carbocycles. The first-order chi connectivity index (χ1) is 14.0. The van der Waals surface area contributed by atoms with Crippen molar-refractivity contribution < 1.29 is 14.3 Å². The maximum Gasteiger partial charge on any atom is 0.223 e. The number of carbonyl (C=O) groups excluding carboxylic acids is 1. The Labute approximate surface area is 170 Å². The van der Waals surface area contributed by atoms with Crippen molar-refractivity contribution in [2.24, 2.45) is 0 Å². The number of ether oxygens (including phenoxy) is 2. The van der Waals surface area contributed by atoms with Crippen molar-refractivity contribution in [3.63, 3.8) is 0 Å². The predicted octanol–water partition coefficient (Wildman–Crippen LogP) is 3.67. The molecule has 0 atom stereocenters. The molecular weight excluding hydrogens is 366 g/mol. The molecular formula is C23H25N3O3. The van der Waals surface area contributed by atoms with Crippen molar-refractivity contribution in [2.45, 2.75) is 38.8 Å². The van der Waals surface area contributed by atoms with Gasteiger partial charge in [-0.25, -0.2) is 4.68 Å². The van der Waals surface area contributed by atoms with Crippen LogP contribution in [0.1, 0.15) is 31.4 Å². The van der Waals surface area contributed by atoms with Gasteiger partial charge in [0.1, 0.15) is 5.60 Å². The highest BCUT2D eigenvalue weighted by Gasteiger charge is 2.32. The van der Waals surface area contributed by atoms with Crippen LogP contribution in [0.2, 0.25) is 0 Å². The van der Waals surface area contributed by atoms with Crippen LogP contribution in [-0.4, -0.2) is 27.9 Å². The van der Waals surface area contributed by atoms with Gasteiger partial charge >= 0.3 is 0 Å². The van der Waals surface area contributed by atoms with E-state index in [9.17, 15) is 4.79 Å². The van der Waals surface area contributed by atoms with Gasteiger partial charge in [-0.2, -0.15) is 5.10 Å². The molecule has 2 heterocycles. The van der Waals surface area contributed by atoms with E-state index in [1.807, 2.05) is 48.7 Å². The monoisotopic (exact) mass is 391 g/mol. The molecule has 0 unspecified atom stereocenters. The summed E-state index contributed by atoms with van der Waals surface area (Å²) < 4.78 is 13.6. The lowest BCUT2D eigenvalue weighted by Gasteiger charge is -2.18. The van der Waals surface area contributed by atoms with Gasteiger partial charge in [-0.1, -0.05) is 30.3 Å². The standard InChI is InChI=1S/C23H25N3O3/c1-23(2)13-18-7-6-10-20(22(18)29-23)28-12-11-21(27)24-14-17-15-25-26(16-17)19-8-4-3-5-9-19/h3-10,15-16H,11-14H2,1-2H3,(H,24,27). The Kier molecular flexibility index (Phi) is 5.25. The zero-order chi connectivity index (χ0) is 20.3. The van der Waals surface area contributed by atoms with Crippen LogP contribution in [0.25, 0.3) is 5.69 Å². The lowest BCUT2D eigenvalue weighted by Crippen LogP contribution is -2.25. The zero-order valence-electron chi connectivity index (χ0n) is 16.7. The van der Waals surface area contributed by atoms with E-state index in [1.165, 1.54) is 0 Å². The molecule has 6 nitrogen and oxygen atoms in total. The van der Waals surface area contributed by atoms with Crippen molar-refractivity contribution >= 4 is 5.91 Å². The summed E-state index contributed by atoms with van der Waals surface area (Å²) in [6, 6.07) is 15.8. The Bertz CT molecular complexity index is 996. The molecule has 0 saturated carbocycles. The highest BCUT2D eigenvalue weighted by atomic mass is 16.5. The maximum atomic E-state index is 12.2. The first-order valence-electron chi connectivity index (χ1n) is 9.79. The zero-order valence-corrected chi connectivity index (χ0v) is 16.7. The van der Waals surface area contributed by atoms with E-state index in [2.05, 4.69) is 30.3 Å². The average molecular weight is 391 g/mol. The summed E-state index contributed by atoms with van der Waals surface area (Å²) >= 11 is 0. The Morgan fingerprint density at radius 1 is 1.21 bits per heavy atom. The summed E-state index contributed by atoms with van der Waals surface area (Å²) in [5.41, 5.74) is 2.86. The highest BCUT2D eigenvalue weighted by molar-refractivity contribution is 5.76. The normalized spacial score (nSPS) is 14.1. The van der Waals surface area contributed by atoms with Gasteiger partial charge in [0.25, 0.3) is 0 Å². The van der Waals surface area contributed by atoms with Crippen molar-refractivity contribution in [1.29, 1.82) is 0 Å². The summed E-state index contributed by atoms with van der Waals surface area (Å²) in [5, 5.41) is 7.25. The molecule has 29 heavy (non-hydrogen) atoms. The topological polar surface area (TPSA) is 65.4 Å². The van der Waals surface area contributed by atoms with E-state index in [0.717, 1.165) is 29.0 Å². The van der Waals surface area contributed by atoms with E-state index >= 15 is 0 Å². The van der Waals surface area contributed by atoms with Crippen molar-refractivity contribution in [2.75, 3.05) is 6.61 Å². The van der Waals surface area contributed by atoms with Crippen LogP contribution in [0.4, 0.5) is 0 Å². The van der Waals surface area contributed by atoms with Crippen LogP contribution < -0.4 is 14.8 Å². The smallest absolute Gasteiger partial charge is 0.223 e. The fraction of sp³-hybridized carbons (Fsp3) is 0.304. The third-order valence-electron chi connectivity index (χ3n) is 4.79. The number of nitrogens with zero attached hydrogens (tertiary/aromatic N) is 2. The van der Waals surface area contributed by atoms with Crippen molar-refractivity contribution in [3.05, 3.63) is 72.1 Å². The Morgan fingerprint density at radius 2 is 2.03 bits per heavy atom. The van der Waals surface area contributed by atoms with Crippen LogP contribution in [0.15, 0.2) is 60.9 Å². The molecule has 1 aliphatic rings. The Hall–Kier alpha value is -3.28. The summed E-state index contributed by atoms with van der Waals surface area (Å²) in [7, 11) is 0. The number of fused-ring (bicyclic) bond motifs is 1. The minimum atomic E-state index is -0.219. The lowest BCUT2D eigenvalue weighted by molar-refractivity contribution is -0.121. The van der Waals surface area contributed by atoms with Gasteiger partial charge in [0, 0.05) is 30.3 Å². The molecule has 150 valence electrons. The number of aromatic nitrogens is 2. The van der Waals surface area contributed by atoms with Gasteiger partial charge in [0.05, 0.1) is 24.9 Å². The van der Waals surface area contributed by atoms with Crippen molar-refractivity contribution in [3.8, 4) is 17.2 Å². The molecule has 1 N–H and O–H groups in total. The number of nitrogens with one attached hydrogen (secondary N) is 1. The molecule has 4 rings (SSSR count). The van der Waals surface area contributed by atoms with Crippen molar-refractivity contribution in [1.82, 2.24) is 15.1 Å². The van der Waals surface area contributed by atoms with Gasteiger partial charge < -0.3 is 14.8 Å². The molecule has 0 fully saturated rings. The van der Waals surface area contributed by atoms with Crippen LogP contribution in [-0.2, 0) is 17.8 Å². The van der Waals surface area contributed by atoms with Gasteiger partial charge in [0.15, 0.2) is 11.5 Å². The number of benzene rings is 2. The molecule has 3 aromatic rings. The van der Waals surface area contributed by atoms with Crippen LogP contribution >= 0.6 is 0 Å². The molecule has 0 bridgehead atoms. The van der Waals surface area contributed by atoms with Crippen LogP contribution in [0, 0.1) is 0 Å². The largest absolute Gasteiger partial charge is 0.489 e. The van der Waals surface area contributed by atoms with Crippen LogP contribution in [0.3, 0.4) is 0 Å². The summed E-state index contributed by atoms with van der Waals surface area (Å²) in [6.07, 6.45) is 4.81. The third kappa shape index (κ3) is 4.59. The van der Waals surface area contributed by atoms with E-state index in [4.69, 9.17) is 9.47 Å². The van der Waals surface area contributed by atoms with Gasteiger partial charge in [-0.15, -0.1) is 0 Å². The van der Waals surface area contributed by atoms with Gasteiger partial charge in [0.2, 0.25) is 5.91 Å². The second-order valence-electron chi connectivity index (χ2n) is 7.79. The molecule has 0 radical (unpaired) electrons. The van der Waals surface area contributed by atoms with E-state index in [1.54, 1.807) is 10.9 Å². The van der Waals surface area contributed by atoms with Crippen LogP contribution in [0.5, 0.6) is 11.5 Å². The molecule has 0 saturated heterocycles. The first-order valence-corrected chi connectivity index (χ1v) is 9.79. The fourth-order valence-electron chi connectivity index (χ4n) is 3.42. The summed E-state index contributed by atoms with van der Waals surface area (Å²) in [4.78, 5) is 12.2. The summed E-state index contributed by atoms with van der Waals surface area (Å²) in [5.74, 6) is 1.43. The first kappa shape index (κ1) is 19.1. The molecule has 6 heteroatoms. The number of amides is 1. The molecule has 0 spiro atoms. The fourth-order valence-corrected chi connectivity index (χ4v) is 3.42. The molecule has 1 amide bonds. The Balaban J connectivity index is 1.25. The Morgan fingerprint density at radius 3 is 2.86 bits per heavy atom. The number of rotatable bonds is 7. The predicted molar refractivity (Wildman–Crippen MR) is 110 cm³/mol. The summed E-state index contributed by atoms with van der Waals surface area (Å²) in [6.45, 7) is 4.85. The van der Waals surface area contributed by atoms with Gasteiger partial charge in [-0.3, -0.25) is 4.79 Å². The third-order valence-corrected chi connectivity index (χ3v) is 4.79. The number of carbonyl (C=O) groups is 1. The quantitative estimate of drug-likeness (QED) is 0.667. The number of hydrogen-bond acceptors (Lipinski definition) is 4. The minimum Gasteiger partial charge on any atom is -0.489 e. The molecule has 1 aromatic heterocycles. The van der Waals surface area contributed by atoms with E-state index in [0.29, 0.717) is 18.9 Å². The van der Waals surface area contributed by atoms with E-state index < -0.39 is 0 Å². The highest BCUT2D eigenvalue weighted by Crippen LogP contribution is 2.41. The number of hydrogen-bond donors (Lipinski definition) is 1. The molecule has 2 aromatic carbocycles. The lowest BCUT2D eigenvalue weighted by atomic mass is 10.0. The second kappa shape index (κ2) is 7.99. The number of para-hydroxylation sites is 2. The van der Waals surface area contributed by atoms with E-state index in [-0.39, 0.29) is 17.9 Å².